The summed E-state index contributed by atoms with van der Waals surface area (Å²) in [4.78, 5) is 13.6. The van der Waals surface area contributed by atoms with E-state index in [1.165, 1.54) is 4.90 Å². The topological polar surface area (TPSA) is 79.6 Å². The van der Waals surface area contributed by atoms with E-state index >= 15 is 0 Å². The van der Waals surface area contributed by atoms with E-state index < -0.39 is 11.3 Å². The van der Waals surface area contributed by atoms with Crippen molar-refractivity contribution >= 4 is 29.0 Å². The predicted molar refractivity (Wildman–Crippen MR) is 74.6 cm³/mol. The molecule has 0 saturated carbocycles. The summed E-state index contributed by atoms with van der Waals surface area (Å²) in [6.07, 6.45) is 1.34. The second kappa shape index (κ2) is 5.22. The Kier molecular flexibility index (Phi) is 3.81. The molecule has 2 fully saturated rings. The van der Waals surface area contributed by atoms with Gasteiger partial charge in [-0.1, -0.05) is 12.2 Å². The van der Waals surface area contributed by atoms with E-state index in [4.69, 9.17) is 12.2 Å². The summed E-state index contributed by atoms with van der Waals surface area (Å²) in [7, 11) is 0. The molecule has 0 bridgehead atoms. The fraction of sp³-hybridized carbons (Fsp3) is 0.615. The Bertz CT molecular complexity index is 507. The molecule has 1 amide bonds. The lowest BCUT2D eigenvalue weighted by molar-refractivity contribution is -0.905. The van der Waals surface area contributed by atoms with Gasteiger partial charge in [-0.3, -0.25) is 10.7 Å². The van der Waals surface area contributed by atoms with Gasteiger partial charge in [-0.25, -0.2) is 0 Å². The second-order valence-electron chi connectivity index (χ2n) is 5.13. The molecule has 1 spiro atoms. The van der Waals surface area contributed by atoms with Crippen LogP contribution in [-0.2, 0) is 4.79 Å². The molecular formula is C13H16N4OS. The van der Waals surface area contributed by atoms with Crippen molar-refractivity contribution in [1.82, 2.24) is 5.32 Å². The third-order valence-corrected chi connectivity index (χ3v) is 4.67. The Morgan fingerprint density at radius 2 is 2.21 bits per heavy atom. The zero-order valence-corrected chi connectivity index (χ0v) is 11.6. The number of quaternary nitrogens is 1. The molecule has 0 radical (unpaired) electrons. The van der Waals surface area contributed by atoms with Gasteiger partial charge in [0.2, 0.25) is 5.91 Å². The maximum Gasteiger partial charge on any atom is 0.243 e. The number of rotatable bonds is 1. The van der Waals surface area contributed by atoms with E-state index in [2.05, 4.69) is 24.2 Å². The fourth-order valence-corrected chi connectivity index (χ4v) is 3.50. The Morgan fingerprint density at radius 3 is 2.68 bits per heavy atom. The molecule has 0 aliphatic carbocycles. The van der Waals surface area contributed by atoms with E-state index in [1.807, 2.05) is 0 Å². The summed E-state index contributed by atoms with van der Waals surface area (Å²) in [5, 5.41) is 21.2. The molecule has 0 aromatic carbocycles. The van der Waals surface area contributed by atoms with Crippen LogP contribution in [-0.4, -0.2) is 36.4 Å². The molecule has 0 aromatic rings. The third kappa shape index (κ3) is 2.10. The highest BCUT2D eigenvalue weighted by molar-refractivity contribution is 7.80. The number of thiocarbonyl (C=S) groups is 1. The van der Waals surface area contributed by atoms with Crippen LogP contribution in [0.4, 0.5) is 0 Å². The molecule has 2 saturated heterocycles. The van der Waals surface area contributed by atoms with E-state index in [1.54, 1.807) is 0 Å². The molecule has 6 heteroatoms. The van der Waals surface area contributed by atoms with Crippen molar-refractivity contribution in [3.63, 3.8) is 0 Å². The number of hydrogen-bond acceptors (Lipinski definition) is 3. The average molecular weight is 276 g/mol. The molecule has 2 N–H and O–H groups in total. The summed E-state index contributed by atoms with van der Waals surface area (Å²) < 4.78 is 0. The molecule has 2 heterocycles. The minimum Gasteiger partial charge on any atom is -0.763 e. The van der Waals surface area contributed by atoms with E-state index in [-0.39, 0.29) is 10.9 Å². The summed E-state index contributed by atoms with van der Waals surface area (Å²) in [6.45, 7) is 4.87. The van der Waals surface area contributed by atoms with Crippen LogP contribution in [0.25, 0.3) is 5.41 Å². The van der Waals surface area contributed by atoms with Gasteiger partial charge in [0.25, 0.3) is 0 Å². The van der Waals surface area contributed by atoms with Gasteiger partial charge < -0.3 is 15.6 Å². The molecule has 0 unspecified atom stereocenters. The highest BCUT2D eigenvalue weighted by atomic mass is 32.1. The SMILES string of the molecule is CC[NH+]1CCC2(CC1)C(=C=[N-])C(=S)NC(=O)[C@H]2C#N. The van der Waals surface area contributed by atoms with Crippen LogP contribution in [0.15, 0.2) is 5.57 Å². The number of amides is 1. The Hall–Kier alpha value is -1.54. The van der Waals surface area contributed by atoms with Crippen molar-refractivity contribution in [1.29, 1.82) is 5.26 Å². The lowest BCUT2D eigenvalue weighted by Crippen LogP contribution is -3.13. The molecule has 5 nitrogen and oxygen atoms in total. The molecule has 19 heavy (non-hydrogen) atoms. The van der Waals surface area contributed by atoms with E-state index in [9.17, 15) is 15.5 Å². The molecule has 0 aromatic heterocycles. The van der Waals surface area contributed by atoms with Crippen molar-refractivity contribution in [2.75, 3.05) is 19.6 Å². The summed E-state index contributed by atoms with van der Waals surface area (Å²) >= 11 is 5.11. The molecule has 2 rings (SSSR count). The van der Waals surface area contributed by atoms with Gasteiger partial charge in [-0.2, -0.15) is 5.26 Å². The first-order valence-corrected chi connectivity index (χ1v) is 6.85. The van der Waals surface area contributed by atoms with Gasteiger partial charge in [0.15, 0.2) is 0 Å². The fourth-order valence-electron chi connectivity index (χ4n) is 3.15. The van der Waals surface area contributed by atoms with Gasteiger partial charge in [0.05, 0.1) is 25.7 Å². The number of carbonyl (C=O) groups excluding carboxylic acids is 1. The first-order chi connectivity index (χ1) is 9.08. The zero-order chi connectivity index (χ0) is 14.0. The summed E-state index contributed by atoms with van der Waals surface area (Å²) in [5.41, 5.74) is -0.245. The van der Waals surface area contributed by atoms with Crippen LogP contribution >= 0.6 is 12.2 Å². The molecular weight excluding hydrogens is 260 g/mol. The first-order valence-electron chi connectivity index (χ1n) is 6.45. The van der Waals surface area contributed by atoms with Crippen LogP contribution in [0, 0.1) is 22.7 Å². The largest absolute Gasteiger partial charge is 0.763 e. The average Bonchev–Trinajstić information content (AvgIpc) is 2.40. The van der Waals surface area contributed by atoms with Gasteiger partial charge in [0.1, 0.15) is 10.9 Å². The van der Waals surface area contributed by atoms with Crippen molar-refractivity contribution in [3.8, 4) is 6.07 Å². The van der Waals surface area contributed by atoms with Crippen LogP contribution in [0.2, 0.25) is 0 Å². The minimum absolute atomic E-state index is 0.207. The smallest absolute Gasteiger partial charge is 0.243 e. The number of likely N-dealkylation sites (tertiary alicyclic amines) is 1. The number of nitrogens with one attached hydrogen (secondary N) is 2. The zero-order valence-electron chi connectivity index (χ0n) is 10.8. The van der Waals surface area contributed by atoms with Crippen molar-refractivity contribution in [2.45, 2.75) is 19.8 Å². The van der Waals surface area contributed by atoms with Crippen LogP contribution in [0.5, 0.6) is 0 Å². The molecule has 1 atom stereocenters. The lowest BCUT2D eigenvalue weighted by Gasteiger charge is -2.45. The van der Waals surface area contributed by atoms with Gasteiger partial charge in [-0.05, 0) is 6.92 Å². The maximum absolute atomic E-state index is 12.0. The van der Waals surface area contributed by atoms with Gasteiger partial charge in [-0.15, -0.1) is 0 Å². The van der Waals surface area contributed by atoms with Crippen molar-refractivity contribution < 1.29 is 9.69 Å². The van der Waals surface area contributed by atoms with Gasteiger partial charge >= 0.3 is 0 Å². The van der Waals surface area contributed by atoms with Crippen molar-refractivity contribution in [2.24, 2.45) is 11.3 Å². The Labute approximate surface area is 117 Å². The molecule has 100 valence electrons. The number of nitriles is 1. The van der Waals surface area contributed by atoms with Crippen molar-refractivity contribution in [3.05, 3.63) is 11.0 Å². The number of nitrogens with zero attached hydrogens (tertiary/aromatic N) is 2. The first kappa shape index (κ1) is 13.9. The predicted octanol–water partition coefficient (Wildman–Crippen LogP) is -0.566. The monoisotopic (exact) mass is 276 g/mol. The van der Waals surface area contributed by atoms with Gasteiger partial charge in [0, 0.05) is 23.8 Å². The Morgan fingerprint density at radius 1 is 1.58 bits per heavy atom. The second-order valence-corrected chi connectivity index (χ2v) is 5.54. The third-order valence-electron chi connectivity index (χ3n) is 4.37. The van der Waals surface area contributed by atoms with E-state index in [0.29, 0.717) is 18.4 Å². The summed E-state index contributed by atoms with van der Waals surface area (Å²) in [6, 6.07) is 2.08. The van der Waals surface area contributed by atoms with Crippen LogP contribution < -0.4 is 10.2 Å². The van der Waals surface area contributed by atoms with Crippen LogP contribution in [0.3, 0.4) is 0 Å². The number of piperidine rings is 2. The normalized spacial score (nSPS) is 34.6. The Balaban J connectivity index is 2.42. The van der Waals surface area contributed by atoms with Crippen LogP contribution in [0.1, 0.15) is 19.8 Å². The maximum atomic E-state index is 12.0. The minimum atomic E-state index is -0.799. The molecule has 2 aliphatic heterocycles. The molecule has 2 aliphatic rings. The van der Waals surface area contributed by atoms with E-state index in [0.717, 1.165) is 19.6 Å². The quantitative estimate of drug-likeness (QED) is 0.382. The number of hydrogen-bond donors (Lipinski definition) is 2. The standard InChI is InChI=1S/C13H15N4OS/c1-2-17-5-3-13(4-6-17)9(7-14)11(18)16-12(19)10(13)8-15/h9H,2-6H2,1H3,(H,16,18,19)/q-1/p+1/t9-/m1/s1. The highest BCUT2D eigenvalue weighted by Crippen LogP contribution is 2.44. The summed E-state index contributed by atoms with van der Waals surface area (Å²) in [5.74, 6) is 0.978. The number of carbonyl (C=O) groups is 1. The lowest BCUT2D eigenvalue weighted by atomic mass is 9.62. The highest BCUT2D eigenvalue weighted by Gasteiger charge is 2.53.